The van der Waals surface area contributed by atoms with E-state index < -0.39 is 0 Å². The first-order valence-corrected chi connectivity index (χ1v) is 5.92. The van der Waals surface area contributed by atoms with Gasteiger partial charge in [-0.3, -0.25) is 4.79 Å². The summed E-state index contributed by atoms with van der Waals surface area (Å²) in [6.07, 6.45) is 1.09. The number of nitrogens with zero attached hydrogens (tertiary/aromatic N) is 1. The molecule has 0 radical (unpaired) electrons. The largest absolute Gasteiger partial charge is 0.338 e. The molecular weight excluding hydrogens is 184 g/mol. The van der Waals surface area contributed by atoms with E-state index in [0.717, 1.165) is 24.5 Å². The maximum absolute atomic E-state index is 11.7. The summed E-state index contributed by atoms with van der Waals surface area (Å²) in [6, 6.07) is -0.000880. The zero-order valence-electron chi connectivity index (χ0n) is 8.32. The van der Waals surface area contributed by atoms with E-state index >= 15 is 0 Å². The highest BCUT2D eigenvalue weighted by atomic mass is 32.2. The second kappa shape index (κ2) is 4.86. The zero-order chi connectivity index (χ0) is 9.84. The van der Waals surface area contributed by atoms with Gasteiger partial charge in [-0.2, -0.15) is 11.8 Å². The van der Waals surface area contributed by atoms with Gasteiger partial charge in [-0.1, -0.05) is 0 Å². The van der Waals surface area contributed by atoms with Crippen LogP contribution in [0.25, 0.3) is 0 Å². The number of carbonyl (C=O) groups is 1. The number of carbonyl (C=O) groups excluding carboxylic acids is 1. The molecule has 1 aliphatic rings. The summed E-state index contributed by atoms with van der Waals surface area (Å²) < 4.78 is 0. The summed E-state index contributed by atoms with van der Waals surface area (Å²) in [6.45, 7) is 4.71. The fourth-order valence-electron chi connectivity index (χ4n) is 1.48. The quantitative estimate of drug-likeness (QED) is 0.680. The molecule has 13 heavy (non-hydrogen) atoms. The van der Waals surface area contributed by atoms with E-state index in [9.17, 15) is 4.79 Å². The Bertz CT molecular complexity index is 184. The van der Waals surface area contributed by atoms with Crippen molar-refractivity contribution in [1.29, 1.82) is 0 Å². The molecule has 1 amide bonds. The third kappa shape index (κ3) is 2.88. The lowest BCUT2D eigenvalue weighted by atomic mass is 10.2. The van der Waals surface area contributed by atoms with Gasteiger partial charge >= 0.3 is 0 Å². The van der Waals surface area contributed by atoms with Crippen LogP contribution < -0.4 is 5.73 Å². The van der Waals surface area contributed by atoms with Crippen LogP contribution in [0.2, 0.25) is 0 Å². The summed E-state index contributed by atoms with van der Waals surface area (Å²) in [5.41, 5.74) is 5.58. The molecule has 0 aromatic heterocycles. The summed E-state index contributed by atoms with van der Waals surface area (Å²) in [5, 5.41) is 0. The van der Waals surface area contributed by atoms with Gasteiger partial charge in [0.2, 0.25) is 5.91 Å². The smallest absolute Gasteiger partial charge is 0.239 e. The van der Waals surface area contributed by atoms with Crippen molar-refractivity contribution in [2.75, 3.05) is 18.1 Å². The van der Waals surface area contributed by atoms with Crippen LogP contribution in [0, 0.1) is 0 Å². The Kier molecular flexibility index (Phi) is 4.06. The molecule has 0 saturated carbocycles. The van der Waals surface area contributed by atoms with Crippen LogP contribution in [0.5, 0.6) is 0 Å². The second-order valence-corrected chi connectivity index (χ2v) is 4.80. The number of rotatable bonds is 1. The molecule has 0 bridgehead atoms. The molecule has 1 saturated heterocycles. The van der Waals surface area contributed by atoms with E-state index in [1.807, 2.05) is 16.7 Å². The van der Waals surface area contributed by atoms with Crippen molar-refractivity contribution in [1.82, 2.24) is 4.90 Å². The van der Waals surface area contributed by atoms with Gasteiger partial charge in [0.25, 0.3) is 0 Å². The Balaban J connectivity index is 2.58. The molecule has 1 fully saturated rings. The van der Waals surface area contributed by atoms with Crippen LogP contribution in [0.3, 0.4) is 0 Å². The lowest BCUT2D eigenvalue weighted by Crippen LogP contribution is -2.46. The molecule has 4 heteroatoms. The molecule has 0 aliphatic carbocycles. The minimum absolute atomic E-state index is 0.0926. The third-order valence-corrected chi connectivity index (χ3v) is 3.36. The van der Waals surface area contributed by atoms with E-state index in [2.05, 4.69) is 6.92 Å². The maximum atomic E-state index is 11.7. The molecule has 1 aliphatic heterocycles. The van der Waals surface area contributed by atoms with Gasteiger partial charge in [-0.15, -0.1) is 0 Å². The SMILES string of the molecule is CC(N)C(=O)N1CCSCCC1C. The molecule has 0 aromatic carbocycles. The Morgan fingerprint density at radius 2 is 2.31 bits per heavy atom. The first-order chi connectivity index (χ1) is 6.13. The number of hydrogen-bond acceptors (Lipinski definition) is 3. The third-order valence-electron chi connectivity index (χ3n) is 2.36. The molecule has 2 N–H and O–H groups in total. The zero-order valence-corrected chi connectivity index (χ0v) is 9.14. The fraction of sp³-hybridized carbons (Fsp3) is 0.889. The highest BCUT2D eigenvalue weighted by molar-refractivity contribution is 7.99. The van der Waals surface area contributed by atoms with E-state index in [1.165, 1.54) is 0 Å². The van der Waals surface area contributed by atoms with Crippen LogP contribution in [-0.2, 0) is 4.79 Å². The highest BCUT2D eigenvalue weighted by Crippen LogP contribution is 2.16. The minimum atomic E-state index is -0.356. The Labute approximate surface area is 84.0 Å². The van der Waals surface area contributed by atoms with Gasteiger partial charge < -0.3 is 10.6 Å². The lowest BCUT2D eigenvalue weighted by molar-refractivity contribution is -0.133. The van der Waals surface area contributed by atoms with Crippen molar-refractivity contribution in [3.05, 3.63) is 0 Å². The molecule has 76 valence electrons. The topological polar surface area (TPSA) is 46.3 Å². The van der Waals surface area contributed by atoms with Gasteiger partial charge in [0, 0.05) is 18.3 Å². The fourth-order valence-corrected chi connectivity index (χ4v) is 2.52. The average molecular weight is 202 g/mol. The Hall–Kier alpha value is -0.220. The van der Waals surface area contributed by atoms with Crippen LogP contribution in [0.1, 0.15) is 20.3 Å². The van der Waals surface area contributed by atoms with Gasteiger partial charge in [0.05, 0.1) is 6.04 Å². The standard InChI is InChI=1S/C9H18N2OS/c1-7-3-5-13-6-4-11(7)9(12)8(2)10/h7-8H,3-6,10H2,1-2H3. The number of thioether (sulfide) groups is 1. The highest BCUT2D eigenvalue weighted by Gasteiger charge is 2.23. The minimum Gasteiger partial charge on any atom is -0.338 e. The van der Waals surface area contributed by atoms with Crippen molar-refractivity contribution in [3.63, 3.8) is 0 Å². The maximum Gasteiger partial charge on any atom is 0.239 e. The van der Waals surface area contributed by atoms with E-state index in [1.54, 1.807) is 6.92 Å². The second-order valence-electron chi connectivity index (χ2n) is 3.57. The van der Waals surface area contributed by atoms with Crippen molar-refractivity contribution >= 4 is 17.7 Å². The summed E-state index contributed by atoms with van der Waals surface area (Å²) in [4.78, 5) is 13.6. The van der Waals surface area contributed by atoms with Gasteiger partial charge in [0.1, 0.15) is 0 Å². The molecule has 1 rings (SSSR count). The lowest BCUT2D eigenvalue weighted by Gasteiger charge is -2.28. The molecule has 0 spiro atoms. The molecule has 3 nitrogen and oxygen atoms in total. The van der Waals surface area contributed by atoms with Crippen molar-refractivity contribution in [3.8, 4) is 0 Å². The first kappa shape index (κ1) is 10.9. The van der Waals surface area contributed by atoms with Crippen molar-refractivity contribution in [2.24, 2.45) is 5.73 Å². The predicted octanol–water partition coefficient (Wildman–Crippen LogP) is 0.688. The van der Waals surface area contributed by atoms with Gasteiger partial charge in [0.15, 0.2) is 0 Å². The summed E-state index contributed by atoms with van der Waals surface area (Å²) in [7, 11) is 0. The van der Waals surface area contributed by atoms with E-state index in [-0.39, 0.29) is 11.9 Å². The molecule has 2 unspecified atom stereocenters. The predicted molar refractivity (Wildman–Crippen MR) is 56.8 cm³/mol. The monoisotopic (exact) mass is 202 g/mol. The number of nitrogens with two attached hydrogens (primary N) is 1. The number of hydrogen-bond donors (Lipinski definition) is 1. The van der Waals surface area contributed by atoms with Gasteiger partial charge in [-0.25, -0.2) is 0 Å². The van der Waals surface area contributed by atoms with Crippen molar-refractivity contribution in [2.45, 2.75) is 32.4 Å². The normalized spacial score (nSPS) is 26.7. The van der Waals surface area contributed by atoms with Crippen LogP contribution >= 0.6 is 11.8 Å². The van der Waals surface area contributed by atoms with E-state index in [4.69, 9.17) is 5.73 Å². The van der Waals surface area contributed by atoms with E-state index in [0.29, 0.717) is 6.04 Å². The Morgan fingerprint density at radius 3 is 2.92 bits per heavy atom. The molecule has 1 heterocycles. The number of amides is 1. The summed E-state index contributed by atoms with van der Waals surface area (Å²) in [5.74, 6) is 2.29. The van der Waals surface area contributed by atoms with Crippen LogP contribution in [-0.4, -0.2) is 40.9 Å². The van der Waals surface area contributed by atoms with Crippen molar-refractivity contribution < 1.29 is 4.79 Å². The average Bonchev–Trinajstić information content (AvgIpc) is 2.28. The molecule has 2 atom stereocenters. The summed E-state index contributed by atoms with van der Waals surface area (Å²) >= 11 is 1.92. The first-order valence-electron chi connectivity index (χ1n) is 4.76. The van der Waals surface area contributed by atoms with Gasteiger partial charge in [-0.05, 0) is 26.0 Å². The van der Waals surface area contributed by atoms with Crippen LogP contribution in [0.15, 0.2) is 0 Å². The van der Waals surface area contributed by atoms with Crippen LogP contribution in [0.4, 0.5) is 0 Å². The Morgan fingerprint density at radius 1 is 1.62 bits per heavy atom. The molecular formula is C9H18N2OS. The molecule has 0 aromatic rings.